The molecule has 0 aliphatic carbocycles. The van der Waals surface area contributed by atoms with Gasteiger partial charge in [0.2, 0.25) is 5.95 Å². The number of thiophene rings is 1. The summed E-state index contributed by atoms with van der Waals surface area (Å²) in [4.78, 5) is 8.32. The third kappa shape index (κ3) is 3.26. The lowest BCUT2D eigenvalue weighted by Crippen LogP contribution is -2.08. The van der Waals surface area contributed by atoms with Gasteiger partial charge in [-0.05, 0) is 41.8 Å². The van der Waals surface area contributed by atoms with E-state index in [1.807, 2.05) is 13.0 Å². The van der Waals surface area contributed by atoms with Crippen molar-refractivity contribution in [3.8, 4) is 6.07 Å². The molecule has 0 radical (unpaired) electrons. The quantitative estimate of drug-likeness (QED) is 0.897. The van der Waals surface area contributed by atoms with Crippen molar-refractivity contribution in [2.75, 3.05) is 11.9 Å². The summed E-state index contributed by atoms with van der Waals surface area (Å²) >= 11 is 1.69. The Balaban J connectivity index is 1.95. The van der Waals surface area contributed by atoms with Crippen molar-refractivity contribution < 1.29 is 0 Å². The van der Waals surface area contributed by atoms with Crippen molar-refractivity contribution in [3.05, 3.63) is 39.8 Å². The summed E-state index contributed by atoms with van der Waals surface area (Å²) in [5.41, 5.74) is 2.50. The fourth-order valence-corrected chi connectivity index (χ4v) is 2.16. The Morgan fingerprint density at radius 1 is 1.47 bits per heavy atom. The Hall–Kier alpha value is -1.93. The Kier molecular flexibility index (Phi) is 3.68. The smallest absolute Gasteiger partial charge is 0.224 e. The molecule has 0 spiro atoms. The molecule has 0 atom stereocenters. The normalized spacial score (nSPS) is 9.88. The maximum absolute atomic E-state index is 8.80. The largest absolute Gasteiger partial charge is 0.354 e. The van der Waals surface area contributed by atoms with E-state index in [0.717, 1.165) is 18.7 Å². The average molecular weight is 244 g/mol. The molecule has 0 aliphatic heterocycles. The van der Waals surface area contributed by atoms with Gasteiger partial charge in [0.15, 0.2) is 0 Å². The summed E-state index contributed by atoms with van der Waals surface area (Å²) in [6, 6.07) is 5.79. The Labute approximate surface area is 104 Å². The van der Waals surface area contributed by atoms with E-state index in [0.29, 0.717) is 11.6 Å². The van der Waals surface area contributed by atoms with Crippen LogP contribution in [0.5, 0.6) is 0 Å². The highest BCUT2D eigenvalue weighted by molar-refractivity contribution is 7.07. The zero-order valence-electron chi connectivity index (χ0n) is 9.47. The molecule has 4 nitrogen and oxygen atoms in total. The molecule has 1 N–H and O–H groups in total. The molecule has 0 saturated heterocycles. The van der Waals surface area contributed by atoms with Gasteiger partial charge in [0.25, 0.3) is 0 Å². The third-order valence-corrected chi connectivity index (χ3v) is 2.98. The van der Waals surface area contributed by atoms with Crippen molar-refractivity contribution in [2.45, 2.75) is 13.3 Å². The van der Waals surface area contributed by atoms with Crippen LogP contribution in [-0.4, -0.2) is 16.5 Å². The fourth-order valence-electron chi connectivity index (χ4n) is 1.46. The molecule has 2 rings (SSSR count). The monoisotopic (exact) mass is 244 g/mol. The van der Waals surface area contributed by atoms with Gasteiger partial charge in [0.05, 0.1) is 0 Å². The number of anilines is 1. The van der Waals surface area contributed by atoms with E-state index in [-0.39, 0.29) is 0 Å². The number of hydrogen-bond donors (Lipinski definition) is 1. The van der Waals surface area contributed by atoms with Gasteiger partial charge in [-0.15, -0.1) is 0 Å². The molecule has 2 heterocycles. The molecule has 0 amide bonds. The summed E-state index contributed by atoms with van der Waals surface area (Å²) in [5, 5.41) is 16.1. The van der Waals surface area contributed by atoms with Crippen molar-refractivity contribution in [2.24, 2.45) is 0 Å². The number of aryl methyl sites for hydroxylation is 1. The minimum Gasteiger partial charge on any atom is -0.354 e. The zero-order valence-corrected chi connectivity index (χ0v) is 10.3. The Morgan fingerprint density at radius 2 is 2.35 bits per heavy atom. The number of nitrogens with zero attached hydrogens (tertiary/aromatic N) is 3. The van der Waals surface area contributed by atoms with Gasteiger partial charge in [-0.1, -0.05) is 0 Å². The first-order valence-corrected chi connectivity index (χ1v) is 6.23. The van der Waals surface area contributed by atoms with Crippen LogP contribution in [0.4, 0.5) is 5.95 Å². The molecule has 86 valence electrons. The first kappa shape index (κ1) is 11.6. The molecular formula is C12H12N4S. The highest BCUT2D eigenvalue weighted by Crippen LogP contribution is 2.08. The number of nitriles is 1. The number of aromatic nitrogens is 2. The van der Waals surface area contributed by atoms with Crippen molar-refractivity contribution in [1.82, 2.24) is 9.97 Å². The van der Waals surface area contributed by atoms with E-state index < -0.39 is 0 Å². The Bertz CT molecular complexity index is 528. The first-order valence-electron chi connectivity index (χ1n) is 5.28. The van der Waals surface area contributed by atoms with Crippen LogP contribution in [0.15, 0.2) is 22.9 Å². The van der Waals surface area contributed by atoms with E-state index in [1.54, 1.807) is 17.4 Å². The lowest BCUT2D eigenvalue weighted by Gasteiger charge is -2.04. The van der Waals surface area contributed by atoms with Crippen LogP contribution in [0.3, 0.4) is 0 Å². The Morgan fingerprint density at radius 3 is 3.06 bits per heavy atom. The topological polar surface area (TPSA) is 61.6 Å². The highest BCUT2D eigenvalue weighted by atomic mass is 32.1. The summed E-state index contributed by atoms with van der Waals surface area (Å²) in [5.74, 6) is 0.525. The predicted octanol–water partition coefficient (Wildman–Crippen LogP) is 2.37. The molecule has 0 bridgehead atoms. The second kappa shape index (κ2) is 5.41. The molecule has 0 aromatic carbocycles. The van der Waals surface area contributed by atoms with E-state index in [9.17, 15) is 0 Å². The van der Waals surface area contributed by atoms with Crippen LogP contribution in [0, 0.1) is 18.3 Å². The third-order valence-electron chi connectivity index (χ3n) is 2.25. The molecule has 0 fully saturated rings. The molecule has 0 aliphatic rings. The summed E-state index contributed by atoms with van der Waals surface area (Å²) in [6.07, 6.45) is 0.933. The molecular weight excluding hydrogens is 232 g/mol. The summed E-state index contributed by atoms with van der Waals surface area (Å²) < 4.78 is 0. The minimum atomic E-state index is 0.399. The fraction of sp³-hybridized carbons (Fsp3) is 0.250. The SMILES string of the molecule is Cc1cc(C#N)nc(NCCc2ccsc2)n1. The second-order valence-corrected chi connectivity index (χ2v) is 4.42. The molecule has 0 unspecified atom stereocenters. The van der Waals surface area contributed by atoms with Crippen LogP contribution in [0.25, 0.3) is 0 Å². The van der Waals surface area contributed by atoms with E-state index in [1.165, 1.54) is 5.56 Å². The van der Waals surface area contributed by atoms with E-state index in [4.69, 9.17) is 5.26 Å². The van der Waals surface area contributed by atoms with E-state index in [2.05, 4.69) is 32.1 Å². The number of hydrogen-bond acceptors (Lipinski definition) is 5. The summed E-state index contributed by atoms with van der Waals surface area (Å²) in [7, 11) is 0. The van der Waals surface area contributed by atoms with Crippen molar-refractivity contribution in [3.63, 3.8) is 0 Å². The van der Waals surface area contributed by atoms with Crippen LogP contribution in [-0.2, 0) is 6.42 Å². The van der Waals surface area contributed by atoms with Crippen LogP contribution in [0.2, 0.25) is 0 Å². The maximum atomic E-state index is 8.80. The molecule has 2 aromatic rings. The van der Waals surface area contributed by atoms with Gasteiger partial charge in [-0.2, -0.15) is 16.6 Å². The molecule has 2 aromatic heterocycles. The van der Waals surface area contributed by atoms with Gasteiger partial charge in [0, 0.05) is 12.2 Å². The van der Waals surface area contributed by atoms with Crippen molar-refractivity contribution >= 4 is 17.3 Å². The van der Waals surface area contributed by atoms with E-state index >= 15 is 0 Å². The minimum absolute atomic E-state index is 0.399. The van der Waals surface area contributed by atoms with Gasteiger partial charge >= 0.3 is 0 Å². The number of nitrogens with one attached hydrogen (secondary N) is 1. The summed E-state index contributed by atoms with van der Waals surface area (Å²) in [6.45, 7) is 2.62. The molecule has 0 saturated carbocycles. The first-order chi connectivity index (χ1) is 8.28. The lowest BCUT2D eigenvalue weighted by atomic mass is 10.2. The highest BCUT2D eigenvalue weighted by Gasteiger charge is 2.01. The molecule has 17 heavy (non-hydrogen) atoms. The van der Waals surface area contributed by atoms with Gasteiger partial charge < -0.3 is 5.32 Å². The van der Waals surface area contributed by atoms with Crippen LogP contribution >= 0.6 is 11.3 Å². The lowest BCUT2D eigenvalue weighted by molar-refractivity contribution is 0.974. The van der Waals surface area contributed by atoms with Crippen LogP contribution in [0.1, 0.15) is 17.0 Å². The van der Waals surface area contributed by atoms with Gasteiger partial charge in [-0.25, -0.2) is 9.97 Å². The second-order valence-electron chi connectivity index (χ2n) is 3.64. The van der Waals surface area contributed by atoms with Crippen molar-refractivity contribution in [1.29, 1.82) is 5.26 Å². The van der Waals surface area contributed by atoms with Crippen LogP contribution < -0.4 is 5.32 Å². The number of rotatable bonds is 4. The standard InChI is InChI=1S/C12H12N4S/c1-9-6-11(7-13)16-12(15-9)14-4-2-10-3-5-17-8-10/h3,5-6,8H,2,4H2,1H3,(H,14,15,16). The molecule has 5 heteroatoms. The van der Waals surface area contributed by atoms with Gasteiger partial charge in [-0.3, -0.25) is 0 Å². The maximum Gasteiger partial charge on any atom is 0.224 e. The average Bonchev–Trinajstić information content (AvgIpc) is 2.81. The zero-order chi connectivity index (χ0) is 12.1. The van der Waals surface area contributed by atoms with Gasteiger partial charge in [0.1, 0.15) is 11.8 Å². The predicted molar refractivity (Wildman–Crippen MR) is 68.0 cm³/mol.